The molecule has 2 N–H and O–H groups in total. The number of nitrogens with one attached hydrogen (secondary N) is 1. The molecule has 0 bridgehead atoms. The van der Waals surface area contributed by atoms with Gasteiger partial charge in [0.2, 0.25) is 0 Å². The number of ether oxygens (including phenoxy) is 4. The number of rotatable bonds is 16. The minimum atomic E-state index is -3.47. The topological polar surface area (TPSA) is 151 Å². The molecule has 296 valence electrons. The SMILES string of the molecule is CCCC#Cc1cn([C@H]2C[C@H](OO[PH](=O)O)[C@@H](COC(c3ccccc3)(c3ccc(OC)cc3)c3ccc(OC)cc3)O2)c(=O)[nH]c1=O.CCN(CC)CC.[H+]. The summed E-state index contributed by atoms with van der Waals surface area (Å²) in [5, 5.41) is 0. The van der Waals surface area contributed by atoms with Crippen LogP contribution in [0.25, 0.3) is 0 Å². The maximum Gasteiger partial charge on any atom is 1.00 e. The van der Waals surface area contributed by atoms with Crippen molar-refractivity contribution in [1.82, 2.24) is 14.5 Å². The molecule has 1 unspecified atom stereocenters. The maximum absolute atomic E-state index is 12.9. The first-order chi connectivity index (χ1) is 26.6. The highest BCUT2D eigenvalue weighted by atomic mass is 31.1. The van der Waals surface area contributed by atoms with Gasteiger partial charge < -0.3 is 28.7 Å². The number of nitrogens with zero attached hydrogens (tertiary/aromatic N) is 2. The van der Waals surface area contributed by atoms with Crippen LogP contribution in [0.1, 0.15) is 76.9 Å². The van der Waals surface area contributed by atoms with E-state index in [0.29, 0.717) is 17.9 Å². The molecule has 0 aliphatic carbocycles. The van der Waals surface area contributed by atoms with Crippen LogP contribution in [0, 0.1) is 11.8 Å². The molecule has 1 aliphatic heterocycles. The van der Waals surface area contributed by atoms with E-state index < -0.39 is 43.5 Å². The number of H-pyrrole nitrogens is 1. The van der Waals surface area contributed by atoms with Crippen molar-refractivity contribution in [3.63, 3.8) is 0 Å². The lowest BCUT2D eigenvalue weighted by molar-refractivity contribution is -0.260. The Morgan fingerprint density at radius 1 is 0.909 bits per heavy atom. The molecule has 55 heavy (non-hydrogen) atoms. The molecule has 0 radical (unpaired) electrons. The summed E-state index contributed by atoms with van der Waals surface area (Å²) in [6, 6.07) is 24.6. The van der Waals surface area contributed by atoms with E-state index in [4.69, 9.17) is 23.8 Å². The molecule has 0 saturated carbocycles. The van der Waals surface area contributed by atoms with Crippen LogP contribution in [0.3, 0.4) is 0 Å². The van der Waals surface area contributed by atoms with Crippen LogP contribution < -0.4 is 20.7 Å². The van der Waals surface area contributed by atoms with Gasteiger partial charge in [0.05, 0.1) is 20.8 Å². The van der Waals surface area contributed by atoms with E-state index in [2.05, 4.69) is 47.2 Å². The van der Waals surface area contributed by atoms with Crippen molar-refractivity contribution >= 4 is 8.25 Å². The Balaban J connectivity index is 0.000000960. The van der Waals surface area contributed by atoms with Crippen molar-refractivity contribution in [2.75, 3.05) is 40.5 Å². The van der Waals surface area contributed by atoms with Crippen LogP contribution in [0.15, 0.2) is 94.6 Å². The van der Waals surface area contributed by atoms with E-state index in [9.17, 15) is 19.0 Å². The molecule has 1 saturated heterocycles. The molecular formula is C41H53N3O10P+. The molecule has 1 aromatic heterocycles. The third-order valence-corrected chi connectivity index (χ3v) is 9.52. The van der Waals surface area contributed by atoms with Crippen LogP contribution in [0.5, 0.6) is 11.5 Å². The first-order valence-electron chi connectivity index (χ1n) is 18.4. The lowest BCUT2D eigenvalue weighted by atomic mass is 9.80. The van der Waals surface area contributed by atoms with Gasteiger partial charge in [0.1, 0.15) is 41.1 Å². The number of methoxy groups -OCH3 is 2. The smallest absolute Gasteiger partial charge is 0.497 e. The molecular weight excluding hydrogens is 725 g/mol. The summed E-state index contributed by atoms with van der Waals surface area (Å²) in [6.45, 7) is 12.0. The highest BCUT2D eigenvalue weighted by Crippen LogP contribution is 2.43. The second kappa shape index (κ2) is 21.5. The molecule has 4 aromatic rings. The fourth-order valence-electron chi connectivity index (χ4n) is 6.25. The van der Waals surface area contributed by atoms with E-state index in [1.54, 1.807) is 14.2 Å². The van der Waals surface area contributed by atoms with E-state index in [0.717, 1.165) is 23.1 Å². The Labute approximate surface area is 324 Å². The molecule has 5 rings (SSSR count). The minimum absolute atomic E-state index is 0. The van der Waals surface area contributed by atoms with Crippen LogP contribution in [0.4, 0.5) is 0 Å². The monoisotopic (exact) mass is 778 g/mol. The van der Waals surface area contributed by atoms with Crippen molar-refractivity contribution in [3.8, 4) is 23.3 Å². The van der Waals surface area contributed by atoms with E-state index in [-0.39, 0.29) is 20.0 Å². The Morgan fingerprint density at radius 3 is 1.96 bits per heavy atom. The van der Waals surface area contributed by atoms with Gasteiger partial charge in [0.15, 0.2) is 0 Å². The number of aromatic amines is 1. The number of aromatic nitrogens is 2. The average molecular weight is 779 g/mol. The molecule has 1 aliphatic rings. The second-order valence-corrected chi connectivity index (χ2v) is 13.2. The standard InChI is InChI=1S/C35H37N2O10P.C6H15N/c1-4-5-7-10-24-22-37(34(39)36-33(24)38)32-21-30(46-47-48(40)41)31(45-32)23-44-35(25-11-8-6-9-12-25,26-13-17-28(42-2)18-14-26)27-15-19-29(43-3)20-16-27;1-4-7(5-2)6-3/h6,8-9,11-20,22,30-32,48H,4-5,21,23H2,1-3H3,(H,40,41)(H,36,38,39);4-6H2,1-3H3/p+1/t30-,31+,32+;/m0./s1. The lowest BCUT2D eigenvalue weighted by Crippen LogP contribution is -2.38. The third-order valence-electron chi connectivity index (χ3n) is 9.28. The quantitative estimate of drug-likeness (QED) is 0.0443. The zero-order valence-electron chi connectivity index (χ0n) is 33.3. The predicted molar refractivity (Wildman–Crippen MR) is 212 cm³/mol. The van der Waals surface area contributed by atoms with Gasteiger partial charge in [-0.05, 0) is 67.0 Å². The van der Waals surface area contributed by atoms with Gasteiger partial charge >= 0.3 is 15.4 Å². The fourth-order valence-corrected chi connectivity index (χ4v) is 6.45. The van der Waals surface area contributed by atoms with Crippen molar-refractivity contribution < 1.29 is 39.4 Å². The Kier molecular flexibility index (Phi) is 16.9. The Bertz CT molecular complexity index is 1920. The molecule has 1 fully saturated rings. The zero-order valence-corrected chi connectivity index (χ0v) is 33.3. The predicted octanol–water partition coefficient (Wildman–Crippen LogP) is 6.16. The van der Waals surface area contributed by atoms with Gasteiger partial charge in [-0.15, -0.1) is 0 Å². The Hall–Kier alpha value is -4.51. The van der Waals surface area contributed by atoms with Gasteiger partial charge in [-0.25, -0.2) is 9.68 Å². The van der Waals surface area contributed by atoms with Gasteiger partial charge in [-0.1, -0.05) is 94.1 Å². The third kappa shape index (κ3) is 11.3. The fraction of sp³-hybridized carbons (Fsp3) is 0.415. The molecule has 0 spiro atoms. The van der Waals surface area contributed by atoms with Crippen LogP contribution in [0.2, 0.25) is 0 Å². The summed E-state index contributed by atoms with van der Waals surface area (Å²) < 4.78 is 41.5. The van der Waals surface area contributed by atoms with E-state index in [1.807, 2.05) is 85.8 Å². The maximum atomic E-state index is 12.9. The number of hydrogen-bond donors (Lipinski definition) is 2. The Morgan fingerprint density at radius 2 is 1.47 bits per heavy atom. The summed E-state index contributed by atoms with van der Waals surface area (Å²) in [5.74, 6) is 7.04. The molecule has 2 heterocycles. The summed E-state index contributed by atoms with van der Waals surface area (Å²) in [6.07, 6.45) is -0.0282. The molecule has 14 heteroatoms. The summed E-state index contributed by atoms with van der Waals surface area (Å²) in [5.41, 5.74) is -0.0734. The number of benzene rings is 3. The van der Waals surface area contributed by atoms with Crippen LogP contribution in [-0.4, -0.2) is 72.0 Å². The van der Waals surface area contributed by atoms with Crippen molar-refractivity contribution in [1.29, 1.82) is 0 Å². The second-order valence-electron chi connectivity index (χ2n) is 12.5. The number of unbranched alkanes of at least 4 members (excludes halogenated alkanes) is 1. The normalized spacial score (nSPS) is 17.1. The highest BCUT2D eigenvalue weighted by Gasteiger charge is 2.43. The molecule has 0 amide bonds. The first kappa shape index (κ1) is 43.2. The zero-order chi connectivity index (χ0) is 39.8. The largest absolute Gasteiger partial charge is 1.00 e. The average Bonchev–Trinajstić information content (AvgIpc) is 3.62. The minimum Gasteiger partial charge on any atom is -0.497 e. The van der Waals surface area contributed by atoms with Gasteiger partial charge in [-0.2, -0.15) is 4.67 Å². The molecule has 13 nitrogen and oxygen atoms in total. The van der Waals surface area contributed by atoms with Crippen molar-refractivity contribution in [3.05, 3.63) is 128 Å². The van der Waals surface area contributed by atoms with Gasteiger partial charge in [0.25, 0.3) is 5.56 Å². The van der Waals surface area contributed by atoms with E-state index >= 15 is 0 Å². The number of hydrogen-bond acceptors (Lipinski definition) is 10. The summed E-state index contributed by atoms with van der Waals surface area (Å²) in [4.78, 5) is 44.8. The summed E-state index contributed by atoms with van der Waals surface area (Å²) in [7, 11) is -0.293. The van der Waals surface area contributed by atoms with Crippen molar-refractivity contribution in [2.24, 2.45) is 0 Å². The first-order valence-corrected chi connectivity index (χ1v) is 19.7. The highest BCUT2D eigenvalue weighted by molar-refractivity contribution is 7.31. The summed E-state index contributed by atoms with van der Waals surface area (Å²) >= 11 is 0. The van der Waals surface area contributed by atoms with Crippen LogP contribution in [-0.2, 0) is 29.2 Å². The molecule has 4 atom stereocenters. The van der Waals surface area contributed by atoms with Crippen molar-refractivity contribution in [2.45, 2.75) is 71.0 Å². The van der Waals surface area contributed by atoms with Gasteiger partial charge in [0, 0.05) is 19.0 Å². The van der Waals surface area contributed by atoms with E-state index in [1.165, 1.54) is 30.4 Å². The van der Waals surface area contributed by atoms with Crippen LogP contribution >= 0.6 is 8.25 Å². The van der Waals surface area contributed by atoms with Gasteiger partial charge in [-0.3, -0.25) is 18.9 Å². The molecule has 3 aromatic carbocycles. The lowest BCUT2D eigenvalue weighted by Gasteiger charge is -2.37.